The summed E-state index contributed by atoms with van der Waals surface area (Å²) in [6.07, 6.45) is -3.19. The average Bonchev–Trinajstić information content (AvgIpc) is 2.53. The maximum Gasteiger partial charge on any atom is 0.416 e. The van der Waals surface area contributed by atoms with Crippen molar-refractivity contribution in [3.8, 4) is 0 Å². The van der Waals surface area contributed by atoms with Gasteiger partial charge in [0.25, 0.3) is 0 Å². The minimum absolute atomic E-state index is 0.183. The Kier molecular flexibility index (Phi) is 5.37. The molecule has 8 heteroatoms. The summed E-state index contributed by atoms with van der Waals surface area (Å²) < 4.78 is 64.8. The summed E-state index contributed by atoms with van der Waals surface area (Å²) in [5.41, 5.74) is -0.951. The lowest BCUT2D eigenvalue weighted by molar-refractivity contribution is -0.137. The van der Waals surface area contributed by atoms with Gasteiger partial charge in [0.2, 0.25) is 10.0 Å². The molecule has 1 saturated heterocycles. The fourth-order valence-corrected chi connectivity index (χ4v) is 4.26. The van der Waals surface area contributed by atoms with E-state index in [1.54, 1.807) is 0 Å². The number of hydrogen-bond acceptors (Lipinski definition) is 3. The molecule has 1 heterocycles. The highest BCUT2D eigenvalue weighted by molar-refractivity contribution is 7.89. The van der Waals surface area contributed by atoms with Crippen LogP contribution in [-0.4, -0.2) is 50.3 Å². The van der Waals surface area contributed by atoms with Crippen molar-refractivity contribution in [1.29, 1.82) is 0 Å². The molecule has 1 aliphatic rings. The van der Waals surface area contributed by atoms with Crippen LogP contribution in [0.1, 0.15) is 25.3 Å². The number of halogens is 3. The predicted molar refractivity (Wildman–Crippen MR) is 81.5 cm³/mol. The summed E-state index contributed by atoms with van der Waals surface area (Å²) in [4.78, 5) is 1.91. The first-order valence-electron chi connectivity index (χ1n) is 7.54. The van der Waals surface area contributed by atoms with Crippen LogP contribution in [0.4, 0.5) is 13.2 Å². The molecule has 130 valence electrons. The molecule has 0 unspecified atom stereocenters. The number of nitrogens with zero attached hydrogens (tertiary/aromatic N) is 2. The van der Waals surface area contributed by atoms with Crippen molar-refractivity contribution in [2.75, 3.05) is 26.7 Å². The van der Waals surface area contributed by atoms with E-state index in [0.717, 1.165) is 31.8 Å². The molecule has 0 N–H and O–H groups in total. The Labute approximate surface area is 134 Å². The zero-order valence-electron chi connectivity index (χ0n) is 13.2. The summed E-state index contributed by atoms with van der Waals surface area (Å²) in [5.74, 6) is 0. The number of alkyl halides is 3. The SMILES string of the molecule is CCN1CCC(N(C)S(=O)(=O)c2cccc(C(F)(F)F)c2)CC1. The van der Waals surface area contributed by atoms with Gasteiger partial charge in [-0.1, -0.05) is 13.0 Å². The zero-order chi connectivity index (χ0) is 17.3. The van der Waals surface area contributed by atoms with Gasteiger partial charge in [0.15, 0.2) is 0 Å². The van der Waals surface area contributed by atoms with Crippen LogP contribution < -0.4 is 0 Å². The van der Waals surface area contributed by atoms with E-state index in [-0.39, 0.29) is 10.9 Å². The van der Waals surface area contributed by atoms with Crippen LogP contribution in [0.3, 0.4) is 0 Å². The molecule has 0 atom stereocenters. The molecule has 0 spiro atoms. The van der Waals surface area contributed by atoms with Crippen LogP contribution in [0.25, 0.3) is 0 Å². The summed E-state index contributed by atoms with van der Waals surface area (Å²) in [6, 6.07) is 3.73. The molecule has 2 rings (SSSR count). The van der Waals surface area contributed by atoms with Gasteiger partial charge in [-0.15, -0.1) is 0 Å². The lowest BCUT2D eigenvalue weighted by Crippen LogP contribution is -2.45. The standard InChI is InChI=1S/C15H21F3N2O2S/c1-3-20-9-7-13(8-10-20)19(2)23(21,22)14-6-4-5-12(11-14)15(16,17)18/h4-6,11,13H,3,7-10H2,1-2H3. The first kappa shape index (κ1) is 18.2. The first-order valence-corrected chi connectivity index (χ1v) is 8.98. The number of piperidine rings is 1. The van der Waals surface area contributed by atoms with Crippen LogP contribution >= 0.6 is 0 Å². The van der Waals surface area contributed by atoms with E-state index in [4.69, 9.17) is 0 Å². The largest absolute Gasteiger partial charge is 0.416 e. The normalized spacial score (nSPS) is 18.5. The highest BCUT2D eigenvalue weighted by atomic mass is 32.2. The van der Waals surface area contributed by atoms with Gasteiger partial charge in [0.1, 0.15) is 0 Å². The highest BCUT2D eigenvalue weighted by Crippen LogP contribution is 2.31. The van der Waals surface area contributed by atoms with E-state index in [1.807, 2.05) is 6.92 Å². The Morgan fingerprint density at radius 3 is 2.39 bits per heavy atom. The Balaban J connectivity index is 2.21. The Morgan fingerprint density at radius 1 is 1.26 bits per heavy atom. The Hall–Kier alpha value is -1.12. The molecule has 1 aromatic rings. The molecule has 1 aromatic carbocycles. The quantitative estimate of drug-likeness (QED) is 0.838. The zero-order valence-corrected chi connectivity index (χ0v) is 14.0. The van der Waals surface area contributed by atoms with Crippen LogP contribution in [0.2, 0.25) is 0 Å². The fraction of sp³-hybridized carbons (Fsp3) is 0.600. The van der Waals surface area contributed by atoms with E-state index in [1.165, 1.54) is 17.4 Å². The lowest BCUT2D eigenvalue weighted by Gasteiger charge is -2.35. The van der Waals surface area contributed by atoms with E-state index in [0.29, 0.717) is 18.9 Å². The second-order valence-electron chi connectivity index (χ2n) is 5.71. The van der Waals surface area contributed by atoms with Crippen molar-refractivity contribution in [2.45, 2.75) is 36.9 Å². The van der Waals surface area contributed by atoms with Crippen molar-refractivity contribution in [3.63, 3.8) is 0 Å². The molecule has 0 bridgehead atoms. The molecule has 4 nitrogen and oxygen atoms in total. The molecular formula is C15H21F3N2O2S. The molecule has 1 fully saturated rings. The van der Waals surface area contributed by atoms with Gasteiger partial charge < -0.3 is 4.90 Å². The predicted octanol–water partition coefficient (Wildman–Crippen LogP) is 2.81. The molecule has 23 heavy (non-hydrogen) atoms. The van der Waals surface area contributed by atoms with Crippen molar-refractivity contribution in [2.24, 2.45) is 0 Å². The van der Waals surface area contributed by atoms with Crippen molar-refractivity contribution < 1.29 is 21.6 Å². The summed E-state index contributed by atoms with van der Waals surface area (Å²) in [5, 5.41) is 0. The van der Waals surface area contributed by atoms with Gasteiger partial charge >= 0.3 is 6.18 Å². The molecule has 1 aliphatic heterocycles. The summed E-state index contributed by atoms with van der Waals surface area (Å²) in [7, 11) is -2.48. The van der Waals surface area contributed by atoms with Crippen LogP contribution in [-0.2, 0) is 16.2 Å². The van der Waals surface area contributed by atoms with Gasteiger partial charge in [-0.05, 0) is 50.7 Å². The smallest absolute Gasteiger partial charge is 0.303 e. The van der Waals surface area contributed by atoms with Crippen molar-refractivity contribution in [3.05, 3.63) is 29.8 Å². The maximum atomic E-state index is 12.8. The Bertz CT molecular complexity index is 638. The average molecular weight is 350 g/mol. The van der Waals surface area contributed by atoms with E-state index < -0.39 is 21.8 Å². The number of benzene rings is 1. The number of sulfonamides is 1. The number of rotatable bonds is 4. The van der Waals surface area contributed by atoms with Gasteiger partial charge in [-0.3, -0.25) is 0 Å². The molecule has 0 radical (unpaired) electrons. The van der Waals surface area contributed by atoms with Gasteiger partial charge in [-0.2, -0.15) is 17.5 Å². The summed E-state index contributed by atoms with van der Waals surface area (Å²) in [6.45, 7) is 4.55. The second kappa shape index (κ2) is 6.78. The van der Waals surface area contributed by atoms with Gasteiger partial charge in [0, 0.05) is 13.1 Å². The molecule has 0 aliphatic carbocycles. The van der Waals surface area contributed by atoms with Gasteiger partial charge in [0.05, 0.1) is 10.5 Å². The van der Waals surface area contributed by atoms with Crippen LogP contribution in [0, 0.1) is 0 Å². The third-order valence-electron chi connectivity index (χ3n) is 4.36. The number of likely N-dealkylation sites (tertiary alicyclic amines) is 1. The Morgan fingerprint density at radius 2 is 1.87 bits per heavy atom. The summed E-state index contributed by atoms with van der Waals surface area (Å²) >= 11 is 0. The lowest BCUT2D eigenvalue weighted by atomic mass is 10.1. The van der Waals surface area contributed by atoms with Crippen LogP contribution in [0.5, 0.6) is 0 Å². The molecule has 0 aromatic heterocycles. The minimum atomic E-state index is -4.56. The van der Waals surface area contributed by atoms with E-state index in [9.17, 15) is 21.6 Å². The van der Waals surface area contributed by atoms with E-state index in [2.05, 4.69) is 4.90 Å². The monoisotopic (exact) mass is 350 g/mol. The second-order valence-corrected chi connectivity index (χ2v) is 7.71. The highest BCUT2D eigenvalue weighted by Gasteiger charge is 2.34. The number of hydrogen-bond donors (Lipinski definition) is 0. The van der Waals surface area contributed by atoms with Crippen molar-refractivity contribution in [1.82, 2.24) is 9.21 Å². The topological polar surface area (TPSA) is 40.6 Å². The maximum absolute atomic E-state index is 12.8. The van der Waals surface area contributed by atoms with Crippen LogP contribution in [0.15, 0.2) is 29.2 Å². The first-order chi connectivity index (χ1) is 10.7. The van der Waals surface area contributed by atoms with Gasteiger partial charge in [-0.25, -0.2) is 8.42 Å². The van der Waals surface area contributed by atoms with E-state index >= 15 is 0 Å². The molecular weight excluding hydrogens is 329 g/mol. The minimum Gasteiger partial charge on any atom is -0.303 e. The fourth-order valence-electron chi connectivity index (χ4n) is 2.79. The van der Waals surface area contributed by atoms with Crippen molar-refractivity contribution >= 4 is 10.0 Å². The third-order valence-corrected chi connectivity index (χ3v) is 6.26. The molecule has 0 amide bonds. The third kappa shape index (κ3) is 4.05. The molecule has 0 saturated carbocycles.